The monoisotopic (exact) mass is 439 g/mol. The Bertz CT molecular complexity index is 425. The molecule has 0 aliphatic rings. The minimum atomic E-state index is -0.706. The Hall–Kier alpha value is -1.06. The lowest BCUT2D eigenvalue weighted by Crippen LogP contribution is -2.30. The van der Waals surface area contributed by atoms with Crippen LogP contribution in [-0.4, -0.2) is 35.5 Å². The second-order valence-corrected chi connectivity index (χ2v) is 9.48. The van der Waals surface area contributed by atoms with Crippen LogP contribution in [0, 0.1) is 5.92 Å². The van der Waals surface area contributed by atoms with E-state index in [1.165, 1.54) is 83.5 Å². The molecule has 31 heavy (non-hydrogen) atoms. The van der Waals surface area contributed by atoms with E-state index >= 15 is 0 Å². The van der Waals surface area contributed by atoms with E-state index in [4.69, 9.17) is 0 Å². The standard InChI is InChI=1S/C27H53NO3/c1-4-6-8-10-12-14-16-18-20-22-26(29)28(3)24-23-25(27(30)31)21-19-17-15-13-11-9-7-5-2/h25H,4-24H2,1-3H3,(H,30,31). The van der Waals surface area contributed by atoms with Crippen molar-refractivity contribution in [3.8, 4) is 0 Å². The summed E-state index contributed by atoms with van der Waals surface area (Å²) in [5.74, 6) is -0.857. The van der Waals surface area contributed by atoms with Gasteiger partial charge in [0.1, 0.15) is 0 Å². The van der Waals surface area contributed by atoms with Crippen molar-refractivity contribution in [1.82, 2.24) is 4.90 Å². The summed E-state index contributed by atoms with van der Waals surface area (Å²) >= 11 is 0. The quantitative estimate of drug-likeness (QED) is 0.164. The smallest absolute Gasteiger partial charge is 0.306 e. The fourth-order valence-electron chi connectivity index (χ4n) is 4.17. The lowest BCUT2D eigenvalue weighted by molar-refractivity contribution is -0.143. The van der Waals surface area contributed by atoms with Crippen LogP contribution >= 0.6 is 0 Å². The number of carbonyl (C=O) groups excluding carboxylic acids is 1. The number of hydrogen-bond acceptors (Lipinski definition) is 2. The number of carboxylic acids is 1. The highest BCUT2D eigenvalue weighted by Crippen LogP contribution is 2.17. The van der Waals surface area contributed by atoms with Gasteiger partial charge in [0.05, 0.1) is 5.92 Å². The van der Waals surface area contributed by atoms with Crippen molar-refractivity contribution in [2.24, 2.45) is 5.92 Å². The predicted octanol–water partition coefficient (Wildman–Crippen LogP) is 7.99. The Morgan fingerprint density at radius 1 is 0.645 bits per heavy atom. The normalized spacial score (nSPS) is 12.1. The molecule has 1 N–H and O–H groups in total. The van der Waals surface area contributed by atoms with E-state index in [1.807, 2.05) is 7.05 Å². The van der Waals surface area contributed by atoms with E-state index in [1.54, 1.807) is 4.90 Å². The molecule has 0 fully saturated rings. The molecule has 184 valence electrons. The Balaban J connectivity index is 3.79. The molecule has 0 saturated heterocycles. The third-order valence-corrected chi connectivity index (χ3v) is 6.49. The summed E-state index contributed by atoms with van der Waals surface area (Å²) in [6.07, 6.45) is 23.0. The zero-order valence-electron chi connectivity index (χ0n) is 21.1. The molecule has 0 spiro atoms. The summed E-state index contributed by atoms with van der Waals surface area (Å²) < 4.78 is 0. The Morgan fingerprint density at radius 2 is 1.06 bits per heavy atom. The van der Waals surface area contributed by atoms with Crippen molar-refractivity contribution in [2.75, 3.05) is 13.6 Å². The van der Waals surface area contributed by atoms with E-state index in [-0.39, 0.29) is 11.8 Å². The number of carboxylic acid groups (broad SMARTS) is 1. The molecule has 0 rings (SSSR count). The van der Waals surface area contributed by atoms with Gasteiger partial charge in [-0.05, 0) is 19.3 Å². The third-order valence-electron chi connectivity index (χ3n) is 6.49. The molecular formula is C27H53NO3. The molecule has 0 aliphatic carbocycles. The summed E-state index contributed by atoms with van der Waals surface area (Å²) in [5, 5.41) is 9.51. The van der Waals surface area contributed by atoms with Crippen LogP contribution in [0.1, 0.15) is 142 Å². The lowest BCUT2D eigenvalue weighted by atomic mass is 9.97. The fraction of sp³-hybridized carbons (Fsp3) is 0.926. The molecule has 1 unspecified atom stereocenters. The highest BCUT2D eigenvalue weighted by atomic mass is 16.4. The maximum Gasteiger partial charge on any atom is 0.306 e. The van der Waals surface area contributed by atoms with Gasteiger partial charge in [0, 0.05) is 20.0 Å². The van der Waals surface area contributed by atoms with Crippen molar-refractivity contribution < 1.29 is 14.7 Å². The van der Waals surface area contributed by atoms with Gasteiger partial charge < -0.3 is 10.0 Å². The van der Waals surface area contributed by atoms with Crippen LogP contribution in [0.4, 0.5) is 0 Å². The number of aliphatic carboxylic acids is 1. The topological polar surface area (TPSA) is 57.6 Å². The van der Waals surface area contributed by atoms with Gasteiger partial charge in [-0.3, -0.25) is 9.59 Å². The average Bonchev–Trinajstić information content (AvgIpc) is 2.75. The first kappa shape index (κ1) is 29.9. The summed E-state index contributed by atoms with van der Waals surface area (Å²) in [5.41, 5.74) is 0. The van der Waals surface area contributed by atoms with Crippen LogP contribution in [-0.2, 0) is 9.59 Å². The van der Waals surface area contributed by atoms with Gasteiger partial charge in [0.15, 0.2) is 0 Å². The van der Waals surface area contributed by atoms with Crippen molar-refractivity contribution in [3.05, 3.63) is 0 Å². The molecule has 0 heterocycles. The van der Waals surface area contributed by atoms with Crippen LogP contribution in [0.3, 0.4) is 0 Å². The van der Waals surface area contributed by atoms with Crippen LogP contribution < -0.4 is 0 Å². The second kappa shape index (κ2) is 22.1. The summed E-state index contributed by atoms with van der Waals surface area (Å²) in [4.78, 5) is 25.6. The molecule has 1 amide bonds. The average molecular weight is 440 g/mol. The first-order chi connectivity index (χ1) is 15.0. The summed E-state index contributed by atoms with van der Waals surface area (Å²) in [6.45, 7) is 5.03. The molecule has 0 radical (unpaired) electrons. The maximum absolute atomic E-state index is 12.3. The molecule has 0 bridgehead atoms. The lowest BCUT2D eigenvalue weighted by Gasteiger charge is -2.20. The summed E-state index contributed by atoms with van der Waals surface area (Å²) in [7, 11) is 1.82. The number of rotatable bonds is 23. The molecule has 4 heteroatoms. The van der Waals surface area contributed by atoms with Crippen LogP contribution in [0.5, 0.6) is 0 Å². The van der Waals surface area contributed by atoms with Gasteiger partial charge in [0.25, 0.3) is 0 Å². The van der Waals surface area contributed by atoms with Crippen molar-refractivity contribution in [2.45, 2.75) is 142 Å². The zero-order chi connectivity index (χ0) is 23.2. The minimum absolute atomic E-state index is 0.166. The molecule has 4 nitrogen and oxygen atoms in total. The van der Waals surface area contributed by atoms with E-state index in [0.717, 1.165) is 32.1 Å². The van der Waals surface area contributed by atoms with E-state index in [0.29, 0.717) is 19.4 Å². The highest BCUT2D eigenvalue weighted by molar-refractivity contribution is 5.76. The largest absolute Gasteiger partial charge is 0.481 e. The van der Waals surface area contributed by atoms with Crippen LogP contribution in [0.15, 0.2) is 0 Å². The Kier molecular flexibility index (Phi) is 21.4. The SMILES string of the molecule is CCCCCCCCCCCC(=O)N(C)CCC(CCCCCCCCCC)C(=O)O. The van der Waals surface area contributed by atoms with E-state index < -0.39 is 5.97 Å². The van der Waals surface area contributed by atoms with E-state index in [9.17, 15) is 14.7 Å². The van der Waals surface area contributed by atoms with Crippen molar-refractivity contribution in [1.29, 1.82) is 0 Å². The van der Waals surface area contributed by atoms with Crippen molar-refractivity contribution in [3.63, 3.8) is 0 Å². The minimum Gasteiger partial charge on any atom is -0.481 e. The molecule has 0 aliphatic heterocycles. The number of hydrogen-bond donors (Lipinski definition) is 1. The van der Waals surface area contributed by atoms with Crippen LogP contribution in [0.25, 0.3) is 0 Å². The van der Waals surface area contributed by atoms with Crippen molar-refractivity contribution >= 4 is 11.9 Å². The fourth-order valence-corrected chi connectivity index (χ4v) is 4.17. The third kappa shape index (κ3) is 19.4. The molecule has 0 aromatic rings. The highest BCUT2D eigenvalue weighted by Gasteiger charge is 2.19. The number of carbonyl (C=O) groups is 2. The van der Waals surface area contributed by atoms with E-state index in [2.05, 4.69) is 13.8 Å². The van der Waals surface area contributed by atoms with Gasteiger partial charge in [-0.2, -0.15) is 0 Å². The Labute approximate surface area is 193 Å². The van der Waals surface area contributed by atoms with Gasteiger partial charge in [-0.1, -0.05) is 117 Å². The molecule has 0 saturated carbocycles. The van der Waals surface area contributed by atoms with Gasteiger partial charge in [0.2, 0.25) is 5.91 Å². The maximum atomic E-state index is 12.3. The molecular weight excluding hydrogens is 386 g/mol. The number of nitrogens with zero attached hydrogens (tertiary/aromatic N) is 1. The van der Waals surface area contributed by atoms with Gasteiger partial charge >= 0.3 is 5.97 Å². The number of amides is 1. The summed E-state index contributed by atoms with van der Waals surface area (Å²) in [6, 6.07) is 0. The van der Waals surface area contributed by atoms with Gasteiger partial charge in [-0.25, -0.2) is 0 Å². The molecule has 0 aromatic carbocycles. The first-order valence-electron chi connectivity index (χ1n) is 13.5. The molecule has 1 atom stereocenters. The van der Waals surface area contributed by atoms with Crippen LogP contribution in [0.2, 0.25) is 0 Å². The number of unbranched alkanes of at least 4 members (excludes halogenated alkanes) is 15. The van der Waals surface area contributed by atoms with Gasteiger partial charge in [-0.15, -0.1) is 0 Å². The zero-order valence-corrected chi connectivity index (χ0v) is 21.1. The second-order valence-electron chi connectivity index (χ2n) is 9.48. The first-order valence-corrected chi connectivity index (χ1v) is 13.5. The molecule has 0 aromatic heterocycles. The Morgan fingerprint density at radius 3 is 1.52 bits per heavy atom. The predicted molar refractivity (Wildman–Crippen MR) is 132 cm³/mol.